The Morgan fingerprint density at radius 1 is 1.50 bits per heavy atom. The van der Waals surface area contributed by atoms with Crippen LogP contribution in [0.2, 0.25) is 0 Å². The lowest BCUT2D eigenvalue weighted by atomic mass is 10.2. The summed E-state index contributed by atoms with van der Waals surface area (Å²) in [6.07, 6.45) is 2.48. The Kier molecular flexibility index (Phi) is 3.13. The summed E-state index contributed by atoms with van der Waals surface area (Å²) in [5, 5.41) is 7.92. The number of nitrogens with zero attached hydrogens (tertiary/aromatic N) is 1. The number of aryl methyl sites for hydroxylation is 1. The molecule has 0 aliphatic carbocycles. The fraction of sp³-hybridized carbons (Fsp3) is 0.400. The Labute approximate surface area is 125 Å². The smallest absolute Gasteiger partial charge is 0.129 e. The fourth-order valence-electron chi connectivity index (χ4n) is 2.80. The zero-order chi connectivity index (χ0) is 13.5. The number of hydrogen-bond donors (Lipinski definition) is 1. The highest BCUT2D eigenvalue weighted by molar-refractivity contribution is 7.21. The van der Waals surface area contributed by atoms with Gasteiger partial charge in [0.25, 0.3) is 0 Å². The number of benzene rings is 1. The van der Waals surface area contributed by atoms with Crippen LogP contribution in [0.1, 0.15) is 17.8 Å². The largest absolute Gasteiger partial charge is 0.491 e. The highest BCUT2D eigenvalue weighted by Gasteiger charge is 2.17. The van der Waals surface area contributed by atoms with Crippen molar-refractivity contribution in [2.45, 2.75) is 25.8 Å². The summed E-state index contributed by atoms with van der Waals surface area (Å²) in [7, 11) is 0. The second kappa shape index (κ2) is 4.98. The lowest BCUT2D eigenvalue weighted by Crippen LogP contribution is -2.28. The van der Waals surface area contributed by atoms with Crippen LogP contribution in [-0.2, 0) is 0 Å². The van der Waals surface area contributed by atoms with E-state index in [1.165, 1.54) is 27.6 Å². The molecule has 0 amide bonds. The Bertz CT molecular complexity index is 756. The molecule has 104 valence electrons. The highest BCUT2D eigenvalue weighted by atomic mass is 32.1. The quantitative estimate of drug-likeness (QED) is 0.795. The van der Waals surface area contributed by atoms with E-state index in [2.05, 4.69) is 34.7 Å². The van der Waals surface area contributed by atoms with Crippen LogP contribution in [0.15, 0.2) is 17.5 Å². The molecule has 1 atom stereocenters. The molecule has 1 fully saturated rings. The topological polar surface area (TPSA) is 34.1 Å². The van der Waals surface area contributed by atoms with E-state index in [0.717, 1.165) is 29.4 Å². The minimum atomic E-state index is 0.502. The Balaban J connectivity index is 1.74. The maximum atomic E-state index is 6.10. The average molecular weight is 304 g/mol. The van der Waals surface area contributed by atoms with Crippen LogP contribution >= 0.6 is 22.7 Å². The third-order valence-electron chi connectivity index (χ3n) is 3.77. The van der Waals surface area contributed by atoms with Crippen molar-refractivity contribution in [3.63, 3.8) is 0 Å². The summed E-state index contributed by atoms with van der Waals surface area (Å²) in [5.74, 6) is 1.01. The Hall–Kier alpha value is -1.17. The molecule has 4 rings (SSSR count). The number of rotatable bonds is 3. The molecular formula is C15H16N2OS2. The van der Waals surface area contributed by atoms with E-state index in [1.807, 2.05) is 0 Å². The van der Waals surface area contributed by atoms with Crippen molar-refractivity contribution in [1.82, 2.24) is 10.3 Å². The van der Waals surface area contributed by atoms with E-state index in [1.54, 1.807) is 22.7 Å². The number of fused-ring (bicyclic) bond motifs is 3. The first kappa shape index (κ1) is 12.6. The fourth-order valence-corrected chi connectivity index (χ4v) is 4.63. The molecule has 1 N–H and O–H groups in total. The van der Waals surface area contributed by atoms with Crippen molar-refractivity contribution in [2.75, 3.05) is 13.2 Å². The van der Waals surface area contributed by atoms with Crippen LogP contribution in [0.5, 0.6) is 5.75 Å². The molecule has 0 bridgehead atoms. The van der Waals surface area contributed by atoms with Gasteiger partial charge in [-0.25, -0.2) is 4.98 Å². The minimum absolute atomic E-state index is 0.502. The molecule has 2 aromatic heterocycles. The summed E-state index contributed by atoms with van der Waals surface area (Å²) >= 11 is 3.49. The van der Waals surface area contributed by atoms with E-state index in [0.29, 0.717) is 6.04 Å². The monoisotopic (exact) mass is 304 g/mol. The third-order valence-corrected chi connectivity index (χ3v) is 5.61. The molecule has 1 aromatic carbocycles. The van der Waals surface area contributed by atoms with Crippen molar-refractivity contribution >= 4 is 43.0 Å². The first-order valence-corrected chi connectivity index (χ1v) is 8.64. The van der Waals surface area contributed by atoms with Crippen molar-refractivity contribution < 1.29 is 4.74 Å². The molecule has 3 nitrogen and oxygen atoms in total. The van der Waals surface area contributed by atoms with E-state index >= 15 is 0 Å². The van der Waals surface area contributed by atoms with Gasteiger partial charge < -0.3 is 10.1 Å². The summed E-state index contributed by atoms with van der Waals surface area (Å²) in [6.45, 7) is 3.94. The van der Waals surface area contributed by atoms with Gasteiger partial charge in [-0.3, -0.25) is 0 Å². The van der Waals surface area contributed by atoms with Crippen molar-refractivity contribution in [1.29, 1.82) is 0 Å². The van der Waals surface area contributed by atoms with Crippen LogP contribution in [-0.4, -0.2) is 24.2 Å². The van der Waals surface area contributed by atoms with Gasteiger partial charge >= 0.3 is 0 Å². The van der Waals surface area contributed by atoms with E-state index in [9.17, 15) is 0 Å². The van der Waals surface area contributed by atoms with Gasteiger partial charge in [0.1, 0.15) is 12.4 Å². The van der Waals surface area contributed by atoms with Crippen LogP contribution in [0, 0.1) is 6.92 Å². The molecular weight excluding hydrogens is 288 g/mol. The maximum absolute atomic E-state index is 6.10. The minimum Gasteiger partial charge on any atom is -0.491 e. The maximum Gasteiger partial charge on any atom is 0.129 e. The predicted molar refractivity (Wildman–Crippen MR) is 86.3 cm³/mol. The van der Waals surface area contributed by atoms with Gasteiger partial charge in [-0.1, -0.05) is 0 Å². The number of aromatic nitrogens is 1. The van der Waals surface area contributed by atoms with Crippen LogP contribution in [0.3, 0.4) is 0 Å². The second-order valence-electron chi connectivity index (χ2n) is 5.22. The Morgan fingerprint density at radius 2 is 2.45 bits per heavy atom. The number of thiazole rings is 1. The summed E-state index contributed by atoms with van der Waals surface area (Å²) in [4.78, 5) is 4.65. The van der Waals surface area contributed by atoms with Gasteiger partial charge in [-0.15, -0.1) is 22.7 Å². The average Bonchev–Trinajstić information content (AvgIpc) is 3.15. The van der Waals surface area contributed by atoms with Crippen LogP contribution < -0.4 is 10.1 Å². The molecule has 5 heteroatoms. The molecule has 0 spiro atoms. The summed E-state index contributed by atoms with van der Waals surface area (Å²) in [6, 6.07) is 4.80. The van der Waals surface area contributed by atoms with Crippen molar-refractivity contribution in [3.8, 4) is 5.75 Å². The van der Waals surface area contributed by atoms with Crippen LogP contribution in [0.25, 0.3) is 20.3 Å². The zero-order valence-corrected chi connectivity index (χ0v) is 12.9. The first-order valence-electron chi connectivity index (χ1n) is 6.95. The number of thiophene rings is 1. The van der Waals surface area contributed by atoms with Crippen molar-refractivity contribution in [3.05, 3.63) is 22.5 Å². The number of nitrogens with one attached hydrogen (secondary N) is 1. The zero-order valence-electron chi connectivity index (χ0n) is 11.3. The molecule has 3 heterocycles. The Morgan fingerprint density at radius 3 is 3.30 bits per heavy atom. The van der Waals surface area contributed by atoms with Gasteiger partial charge in [0, 0.05) is 17.5 Å². The molecule has 0 radical (unpaired) electrons. The van der Waals surface area contributed by atoms with Gasteiger partial charge in [-0.2, -0.15) is 0 Å². The van der Waals surface area contributed by atoms with E-state index in [-0.39, 0.29) is 0 Å². The lowest BCUT2D eigenvalue weighted by molar-refractivity contribution is 0.280. The van der Waals surface area contributed by atoms with E-state index < -0.39 is 0 Å². The van der Waals surface area contributed by atoms with Gasteiger partial charge in [0.15, 0.2) is 0 Å². The van der Waals surface area contributed by atoms with Gasteiger partial charge in [0.05, 0.1) is 19.9 Å². The van der Waals surface area contributed by atoms with Gasteiger partial charge in [0.2, 0.25) is 0 Å². The number of hydrogen-bond acceptors (Lipinski definition) is 5. The molecule has 20 heavy (non-hydrogen) atoms. The molecule has 3 aromatic rings. The predicted octanol–water partition coefficient (Wildman–Crippen LogP) is 3.95. The highest BCUT2D eigenvalue weighted by Crippen LogP contribution is 2.38. The standard InChI is InChI=1S/C15H16N2OS2/c1-9-17-14-13(20-9)7-12(11-4-6-19-15(11)14)18-8-10-3-2-5-16-10/h4,6-7,10,16H,2-3,5,8H2,1H3. The number of ether oxygens (including phenoxy) is 1. The summed E-state index contributed by atoms with van der Waals surface area (Å²) < 4.78 is 8.58. The SMILES string of the molecule is Cc1nc2c(cc(OCC3CCCN3)c3ccsc32)s1. The van der Waals surface area contributed by atoms with Gasteiger partial charge in [-0.05, 0) is 37.8 Å². The molecule has 1 saturated heterocycles. The van der Waals surface area contributed by atoms with Crippen molar-refractivity contribution in [2.24, 2.45) is 0 Å². The molecule has 1 aliphatic heterocycles. The molecule has 1 aliphatic rings. The first-order chi connectivity index (χ1) is 9.81. The second-order valence-corrected chi connectivity index (χ2v) is 7.37. The normalized spacial score (nSPS) is 19.1. The molecule has 1 unspecified atom stereocenters. The van der Waals surface area contributed by atoms with E-state index in [4.69, 9.17) is 4.74 Å². The molecule has 0 saturated carbocycles. The lowest BCUT2D eigenvalue weighted by Gasteiger charge is -2.13. The van der Waals surface area contributed by atoms with Crippen LogP contribution in [0.4, 0.5) is 0 Å². The summed E-state index contributed by atoms with van der Waals surface area (Å²) in [5.41, 5.74) is 1.13. The third kappa shape index (κ3) is 2.10.